The van der Waals surface area contributed by atoms with Gasteiger partial charge in [0.25, 0.3) is 0 Å². The standard InChI is InChI=1S/C23H26ClN7O2/c1-3-33-23(32)30-14-17-12-18(24)4-5-19(17)31-21(15(30)2)27-28-22(31)16-6-10-29(11-7-16)20-13-25-8-9-26-20/h4-5,8-9,12-13,15-16H,3,6-7,10-11,14H2,1-2H3. The van der Waals surface area contributed by atoms with Gasteiger partial charge in [0.15, 0.2) is 5.82 Å². The van der Waals surface area contributed by atoms with E-state index in [1.54, 1.807) is 30.4 Å². The van der Waals surface area contributed by atoms with Crippen LogP contribution < -0.4 is 4.90 Å². The van der Waals surface area contributed by atoms with Gasteiger partial charge in [0, 0.05) is 36.4 Å². The lowest BCUT2D eigenvalue weighted by Crippen LogP contribution is -2.34. The summed E-state index contributed by atoms with van der Waals surface area (Å²) < 4.78 is 7.45. The Morgan fingerprint density at radius 2 is 1.97 bits per heavy atom. The molecule has 0 spiro atoms. The zero-order valence-corrected chi connectivity index (χ0v) is 19.4. The van der Waals surface area contributed by atoms with Crippen LogP contribution in [0.15, 0.2) is 36.8 Å². The number of carbonyl (C=O) groups excluding carboxylic acids is 1. The molecule has 2 aromatic heterocycles. The molecule has 1 saturated heterocycles. The number of rotatable bonds is 3. The minimum absolute atomic E-state index is 0.240. The van der Waals surface area contributed by atoms with Crippen LogP contribution in [0.25, 0.3) is 5.69 Å². The number of halogens is 1. The number of anilines is 1. The number of nitrogens with zero attached hydrogens (tertiary/aromatic N) is 7. The lowest BCUT2D eigenvalue weighted by molar-refractivity contribution is 0.0888. The highest BCUT2D eigenvalue weighted by atomic mass is 35.5. The second kappa shape index (κ2) is 8.97. The first-order valence-electron chi connectivity index (χ1n) is 11.2. The Bertz CT molecular complexity index is 1140. The minimum atomic E-state index is -0.369. The molecule has 1 aromatic carbocycles. The van der Waals surface area contributed by atoms with Crippen molar-refractivity contribution in [2.75, 3.05) is 24.6 Å². The number of hydrogen-bond donors (Lipinski definition) is 0. The first kappa shape index (κ1) is 21.6. The van der Waals surface area contributed by atoms with Gasteiger partial charge in [0.05, 0.1) is 31.1 Å². The largest absolute Gasteiger partial charge is 0.450 e. The van der Waals surface area contributed by atoms with Crippen molar-refractivity contribution in [3.05, 3.63) is 59.0 Å². The summed E-state index contributed by atoms with van der Waals surface area (Å²) in [5.74, 6) is 2.79. The summed E-state index contributed by atoms with van der Waals surface area (Å²) in [5.41, 5.74) is 1.91. The lowest BCUT2D eigenvalue weighted by Gasteiger charge is -2.32. The van der Waals surface area contributed by atoms with Crippen molar-refractivity contribution in [1.82, 2.24) is 29.6 Å². The summed E-state index contributed by atoms with van der Waals surface area (Å²) in [5, 5.41) is 9.81. The Balaban J connectivity index is 1.49. The Labute approximate surface area is 197 Å². The zero-order chi connectivity index (χ0) is 22.9. The molecule has 172 valence electrons. The first-order chi connectivity index (χ1) is 16.1. The van der Waals surface area contributed by atoms with Crippen LogP contribution in [0.1, 0.15) is 55.9 Å². The number of amides is 1. The minimum Gasteiger partial charge on any atom is -0.450 e. The molecule has 4 heterocycles. The van der Waals surface area contributed by atoms with Gasteiger partial charge in [-0.05, 0) is 50.5 Å². The molecule has 5 rings (SSSR count). The van der Waals surface area contributed by atoms with Gasteiger partial charge in [-0.25, -0.2) is 9.78 Å². The van der Waals surface area contributed by atoms with Gasteiger partial charge in [-0.1, -0.05) is 11.6 Å². The number of benzene rings is 1. The summed E-state index contributed by atoms with van der Waals surface area (Å²) in [4.78, 5) is 25.3. The van der Waals surface area contributed by atoms with E-state index in [4.69, 9.17) is 16.3 Å². The Kier molecular flexibility index (Phi) is 5.88. The summed E-state index contributed by atoms with van der Waals surface area (Å²) in [6.45, 7) is 6.20. The van der Waals surface area contributed by atoms with E-state index in [2.05, 4.69) is 29.6 Å². The molecule has 3 aromatic rings. The SMILES string of the molecule is CCOC(=O)N1Cc2cc(Cl)ccc2-n2c(C3CCN(c4cnccn4)CC3)nnc2C1C. The Morgan fingerprint density at radius 1 is 1.18 bits per heavy atom. The lowest BCUT2D eigenvalue weighted by atomic mass is 9.95. The maximum Gasteiger partial charge on any atom is 0.410 e. The number of piperidine rings is 1. The van der Waals surface area contributed by atoms with E-state index >= 15 is 0 Å². The van der Waals surface area contributed by atoms with E-state index in [0.29, 0.717) is 18.2 Å². The van der Waals surface area contributed by atoms with Crippen molar-refractivity contribution in [2.24, 2.45) is 0 Å². The number of ether oxygens (including phenoxy) is 1. The number of carbonyl (C=O) groups is 1. The average molecular weight is 468 g/mol. The molecule has 2 aliphatic heterocycles. The molecule has 0 radical (unpaired) electrons. The van der Waals surface area contributed by atoms with Crippen molar-refractivity contribution < 1.29 is 9.53 Å². The van der Waals surface area contributed by atoms with E-state index < -0.39 is 0 Å². The molecule has 33 heavy (non-hydrogen) atoms. The van der Waals surface area contributed by atoms with Gasteiger partial charge in [-0.2, -0.15) is 0 Å². The summed E-state index contributed by atoms with van der Waals surface area (Å²) >= 11 is 6.33. The Morgan fingerprint density at radius 3 is 2.70 bits per heavy atom. The van der Waals surface area contributed by atoms with E-state index in [1.807, 2.05) is 25.1 Å². The normalized spacial score (nSPS) is 18.5. The van der Waals surface area contributed by atoms with Crippen molar-refractivity contribution in [3.63, 3.8) is 0 Å². The summed E-state index contributed by atoms with van der Waals surface area (Å²) in [6.07, 6.45) is 6.69. The molecule has 10 heteroatoms. The van der Waals surface area contributed by atoms with Crippen LogP contribution in [0, 0.1) is 0 Å². The fourth-order valence-corrected chi connectivity index (χ4v) is 4.89. The molecule has 0 aliphatic carbocycles. The van der Waals surface area contributed by atoms with E-state index in [-0.39, 0.29) is 18.1 Å². The topological polar surface area (TPSA) is 89.3 Å². The third kappa shape index (κ3) is 4.01. The van der Waals surface area contributed by atoms with Crippen LogP contribution in [-0.4, -0.2) is 55.4 Å². The van der Waals surface area contributed by atoms with Gasteiger partial charge < -0.3 is 9.64 Å². The molecule has 1 amide bonds. The fraction of sp³-hybridized carbons (Fsp3) is 0.435. The van der Waals surface area contributed by atoms with Gasteiger partial charge in [-0.3, -0.25) is 14.5 Å². The third-order valence-corrected chi connectivity index (χ3v) is 6.65. The van der Waals surface area contributed by atoms with E-state index in [0.717, 1.165) is 54.6 Å². The van der Waals surface area contributed by atoms with Crippen LogP contribution in [-0.2, 0) is 11.3 Å². The van der Waals surface area contributed by atoms with E-state index in [1.165, 1.54) is 0 Å². The maximum absolute atomic E-state index is 12.7. The van der Waals surface area contributed by atoms with Crippen LogP contribution in [0.3, 0.4) is 0 Å². The highest BCUT2D eigenvalue weighted by molar-refractivity contribution is 6.30. The first-order valence-corrected chi connectivity index (χ1v) is 11.6. The van der Waals surface area contributed by atoms with Gasteiger partial charge in [-0.15, -0.1) is 10.2 Å². The molecular formula is C23H26ClN7O2. The highest BCUT2D eigenvalue weighted by Crippen LogP contribution is 2.37. The van der Waals surface area contributed by atoms with Gasteiger partial charge >= 0.3 is 6.09 Å². The number of hydrogen-bond acceptors (Lipinski definition) is 7. The average Bonchev–Trinajstić information content (AvgIpc) is 3.23. The van der Waals surface area contributed by atoms with Crippen molar-refractivity contribution in [3.8, 4) is 5.69 Å². The van der Waals surface area contributed by atoms with Crippen LogP contribution in [0.4, 0.5) is 10.6 Å². The second-order valence-corrected chi connectivity index (χ2v) is 8.79. The van der Waals surface area contributed by atoms with Gasteiger partial charge in [0.2, 0.25) is 0 Å². The smallest absolute Gasteiger partial charge is 0.410 e. The maximum atomic E-state index is 12.7. The highest BCUT2D eigenvalue weighted by Gasteiger charge is 2.35. The molecule has 2 aliphatic rings. The van der Waals surface area contributed by atoms with E-state index in [9.17, 15) is 4.79 Å². The molecular weight excluding hydrogens is 442 g/mol. The number of aromatic nitrogens is 5. The predicted octanol–water partition coefficient (Wildman–Crippen LogP) is 4.13. The number of fused-ring (bicyclic) bond motifs is 3. The fourth-order valence-electron chi connectivity index (χ4n) is 4.70. The Hall–Kier alpha value is -3.20. The third-order valence-electron chi connectivity index (χ3n) is 6.41. The molecule has 0 saturated carbocycles. The van der Waals surface area contributed by atoms with Crippen LogP contribution >= 0.6 is 11.6 Å². The predicted molar refractivity (Wildman–Crippen MR) is 124 cm³/mol. The summed E-state index contributed by atoms with van der Waals surface area (Å²) in [6, 6.07) is 5.47. The van der Waals surface area contributed by atoms with Gasteiger partial charge in [0.1, 0.15) is 11.6 Å². The molecule has 1 fully saturated rings. The molecule has 1 unspecified atom stereocenters. The molecule has 0 N–H and O–H groups in total. The van der Waals surface area contributed by atoms with Crippen molar-refractivity contribution >= 4 is 23.5 Å². The monoisotopic (exact) mass is 467 g/mol. The quantitative estimate of drug-likeness (QED) is 0.572. The zero-order valence-electron chi connectivity index (χ0n) is 18.7. The van der Waals surface area contributed by atoms with Crippen LogP contribution in [0.2, 0.25) is 5.02 Å². The van der Waals surface area contributed by atoms with Crippen molar-refractivity contribution in [2.45, 2.75) is 45.2 Å². The molecule has 1 atom stereocenters. The molecule has 9 nitrogen and oxygen atoms in total. The summed E-state index contributed by atoms with van der Waals surface area (Å²) in [7, 11) is 0. The van der Waals surface area contributed by atoms with Crippen molar-refractivity contribution in [1.29, 1.82) is 0 Å². The second-order valence-electron chi connectivity index (χ2n) is 8.35. The molecule has 0 bridgehead atoms. The van der Waals surface area contributed by atoms with Crippen LogP contribution in [0.5, 0.6) is 0 Å².